The van der Waals surface area contributed by atoms with Crippen molar-refractivity contribution in [3.8, 4) is 0 Å². The number of benzene rings is 3. The molecule has 0 bridgehead atoms. The van der Waals surface area contributed by atoms with Crippen molar-refractivity contribution in [2.75, 3.05) is 11.4 Å². The normalized spacial score (nSPS) is 12.8. The Kier molecular flexibility index (Phi) is 5.88. The fourth-order valence-electron chi connectivity index (χ4n) is 4.27. The minimum atomic E-state index is 0.0545. The van der Waals surface area contributed by atoms with Crippen LogP contribution in [-0.2, 0) is 30.7 Å². The number of oxazole rings is 1. The molecule has 0 spiro atoms. The third kappa shape index (κ3) is 4.67. The molecule has 0 fully saturated rings. The Balaban J connectivity index is 1.06. The predicted molar refractivity (Wildman–Crippen MR) is 126 cm³/mol. The first kappa shape index (κ1) is 20.3. The predicted octanol–water partition coefficient (Wildman–Crippen LogP) is 5.03. The highest BCUT2D eigenvalue weighted by molar-refractivity contribution is 5.76. The fraction of sp³-hybridized carbons (Fsp3) is 0.259. The highest BCUT2D eigenvalue weighted by Gasteiger charge is 2.18. The Labute approximate surface area is 188 Å². The van der Waals surface area contributed by atoms with Crippen molar-refractivity contribution in [3.63, 3.8) is 0 Å². The van der Waals surface area contributed by atoms with Gasteiger partial charge in [0, 0.05) is 38.2 Å². The number of para-hydroxylation sites is 3. The van der Waals surface area contributed by atoms with Crippen LogP contribution in [0.2, 0.25) is 0 Å². The molecule has 5 heteroatoms. The lowest BCUT2D eigenvalue weighted by Crippen LogP contribution is -2.22. The number of hydrogen-bond donors (Lipinski definition) is 1. The number of fused-ring (bicyclic) bond motifs is 2. The summed E-state index contributed by atoms with van der Waals surface area (Å²) in [4.78, 5) is 19.1. The lowest BCUT2D eigenvalue weighted by Gasteiger charge is -2.19. The molecule has 3 aromatic carbocycles. The number of rotatable bonds is 8. The van der Waals surface area contributed by atoms with Crippen LogP contribution >= 0.6 is 0 Å². The second-order valence-corrected chi connectivity index (χ2v) is 8.32. The number of hydrogen-bond acceptors (Lipinski definition) is 4. The molecule has 0 atom stereocenters. The SMILES string of the molecule is O=C(CCCc1nc2ccccc2o1)NCc1ccc(CN2CCc3ccccc32)cc1. The van der Waals surface area contributed by atoms with Gasteiger partial charge in [0.15, 0.2) is 11.5 Å². The molecule has 4 aromatic rings. The van der Waals surface area contributed by atoms with E-state index in [1.54, 1.807) is 0 Å². The molecule has 5 rings (SSSR count). The van der Waals surface area contributed by atoms with Crippen LogP contribution in [0.3, 0.4) is 0 Å². The molecule has 1 amide bonds. The minimum absolute atomic E-state index is 0.0545. The number of anilines is 1. The van der Waals surface area contributed by atoms with Gasteiger partial charge < -0.3 is 14.6 Å². The summed E-state index contributed by atoms with van der Waals surface area (Å²) in [6.45, 7) is 2.54. The van der Waals surface area contributed by atoms with Gasteiger partial charge in [-0.1, -0.05) is 54.6 Å². The fourth-order valence-corrected chi connectivity index (χ4v) is 4.27. The molecule has 1 aromatic heterocycles. The van der Waals surface area contributed by atoms with E-state index in [9.17, 15) is 4.79 Å². The van der Waals surface area contributed by atoms with E-state index in [0.717, 1.165) is 42.6 Å². The van der Waals surface area contributed by atoms with E-state index in [-0.39, 0.29) is 5.91 Å². The molecule has 2 heterocycles. The summed E-state index contributed by atoms with van der Waals surface area (Å²) in [5, 5.41) is 3.02. The van der Waals surface area contributed by atoms with E-state index in [2.05, 4.69) is 63.7 Å². The van der Waals surface area contributed by atoms with Crippen molar-refractivity contribution >= 4 is 22.7 Å². The van der Waals surface area contributed by atoms with Crippen LogP contribution in [0.25, 0.3) is 11.1 Å². The van der Waals surface area contributed by atoms with E-state index >= 15 is 0 Å². The Hall–Kier alpha value is -3.60. The summed E-state index contributed by atoms with van der Waals surface area (Å²) in [5.41, 5.74) is 6.84. The number of aryl methyl sites for hydroxylation is 1. The topological polar surface area (TPSA) is 58.4 Å². The maximum Gasteiger partial charge on any atom is 0.220 e. The molecule has 0 aliphatic carbocycles. The van der Waals surface area contributed by atoms with Crippen molar-refractivity contribution in [2.45, 2.75) is 38.8 Å². The van der Waals surface area contributed by atoms with Crippen LogP contribution in [0.4, 0.5) is 5.69 Å². The van der Waals surface area contributed by atoms with Gasteiger partial charge in [-0.05, 0) is 47.7 Å². The summed E-state index contributed by atoms with van der Waals surface area (Å²) in [6, 6.07) is 24.9. The molecule has 0 saturated carbocycles. The molecule has 0 unspecified atom stereocenters. The van der Waals surface area contributed by atoms with Crippen LogP contribution in [0.1, 0.15) is 35.4 Å². The first-order chi connectivity index (χ1) is 15.7. The zero-order chi connectivity index (χ0) is 21.8. The van der Waals surface area contributed by atoms with Gasteiger partial charge in [-0.3, -0.25) is 4.79 Å². The quantitative estimate of drug-likeness (QED) is 0.430. The monoisotopic (exact) mass is 425 g/mol. The lowest BCUT2D eigenvalue weighted by atomic mass is 10.1. The van der Waals surface area contributed by atoms with Crippen LogP contribution in [0, 0.1) is 0 Å². The molecule has 32 heavy (non-hydrogen) atoms. The van der Waals surface area contributed by atoms with Crippen LogP contribution in [-0.4, -0.2) is 17.4 Å². The van der Waals surface area contributed by atoms with Gasteiger partial charge in [-0.2, -0.15) is 0 Å². The molecule has 0 saturated heterocycles. The van der Waals surface area contributed by atoms with E-state index in [4.69, 9.17) is 4.42 Å². The molecule has 5 nitrogen and oxygen atoms in total. The number of nitrogens with one attached hydrogen (secondary N) is 1. The number of aromatic nitrogens is 1. The summed E-state index contributed by atoms with van der Waals surface area (Å²) < 4.78 is 5.71. The average molecular weight is 426 g/mol. The zero-order valence-corrected chi connectivity index (χ0v) is 18.1. The van der Waals surface area contributed by atoms with Crippen LogP contribution in [0.5, 0.6) is 0 Å². The van der Waals surface area contributed by atoms with Gasteiger partial charge in [0.1, 0.15) is 5.52 Å². The maximum absolute atomic E-state index is 12.2. The van der Waals surface area contributed by atoms with Crippen molar-refractivity contribution in [1.82, 2.24) is 10.3 Å². The largest absolute Gasteiger partial charge is 0.441 e. The lowest BCUT2D eigenvalue weighted by molar-refractivity contribution is -0.121. The first-order valence-corrected chi connectivity index (χ1v) is 11.3. The van der Waals surface area contributed by atoms with E-state index in [0.29, 0.717) is 25.3 Å². The Morgan fingerprint density at radius 2 is 1.75 bits per heavy atom. The summed E-state index contributed by atoms with van der Waals surface area (Å²) >= 11 is 0. The molecule has 1 aliphatic heterocycles. The van der Waals surface area contributed by atoms with Gasteiger partial charge in [0.05, 0.1) is 0 Å². The minimum Gasteiger partial charge on any atom is -0.441 e. The van der Waals surface area contributed by atoms with Crippen LogP contribution in [0.15, 0.2) is 77.2 Å². The Morgan fingerprint density at radius 1 is 0.969 bits per heavy atom. The summed E-state index contributed by atoms with van der Waals surface area (Å²) in [6.07, 6.45) is 2.96. The van der Waals surface area contributed by atoms with Crippen molar-refractivity contribution < 1.29 is 9.21 Å². The molecule has 1 aliphatic rings. The van der Waals surface area contributed by atoms with Crippen molar-refractivity contribution in [3.05, 3.63) is 95.4 Å². The second kappa shape index (κ2) is 9.27. The Bertz CT molecular complexity index is 1180. The molecular formula is C27H27N3O2. The maximum atomic E-state index is 12.2. The van der Waals surface area contributed by atoms with Gasteiger partial charge in [-0.25, -0.2) is 4.98 Å². The molecule has 1 N–H and O–H groups in total. The smallest absolute Gasteiger partial charge is 0.220 e. The van der Waals surface area contributed by atoms with E-state index in [1.807, 2.05) is 24.3 Å². The van der Waals surface area contributed by atoms with Crippen molar-refractivity contribution in [2.24, 2.45) is 0 Å². The second-order valence-electron chi connectivity index (χ2n) is 8.32. The first-order valence-electron chi connectivity index (χ1n) is 11.3. The van der Waals surface area contributed by atoms with Gasteiger partial charge in [0.25, 0.3) is 0 Å². The highest BCUT2D eigenvalue weighted by Crippen LogP contribution is 2.28. The number of carbonyl (C=O) groups is 1. The number of nitrogens with zero attached hydrogens (tertiary/aromatic N) is 2. The molecular weight excluding hydrogens is 398 g/mol. The standard InChI is InChI=1S/C27H27N3O2/c31-26(10-5-11-27-29-23-7-2-4-9-25(23)32-27)28-18-20-12-14-21(15-13-20)19-30-17-16-22-6-1-3-8-24(22)30/h1-4,6-9,12-15H,5,10-11,16-19H2,(H,28,31). The molecule has 0 radical (unpaired) electrons. The van der Waals surface area contributed by atoms with Gasteiger partial charge in [0.2, 0.25) is 5.91 Å². The number of carbonyl (C=O) groups excluding carboxylic acids is 1. The van der Waals surface area contributed by atoms with Gasteiger partial charge in [-0.15, -0.1) is 0 Å². The third-order valence-electron chi connectivity index (χ3n) is 6.00. The van der Waals surface area contributed by atoms with E-state index < -0.39 is 0 Å². The van der Waals surface area contributed by atoms with Crippen molar-refractivity contribution in [1.29, 1.82) is 0 Å². The van der Waals surface area contributed by atoms with E-state index in [1.165, 1.54) is 16.8 Å². The third-order valence-corrected chi connectivity index (χ3v) is 6.00. The highest BCUT2D eigenvalue weighted by atomic mass is 16.3. The summed E-state index contributed by atoms with van der Waals surface area (Å²) in [5.74, 6) is 0.745. The van der Waals surface area contributed by atoms with Gasteiger partial charge >= 0.3 is 0 Å². The van der Waals surface area contributed by atoms with Crippen LogP contribution < -0.4 is 10.2 Å². The summed E-state index contributed by atoms with van der Waals surface area (Å²) in [7, 11) is 0. The molecule has 162 valence electrons. The zero-order valence-electron chi connectivity index (χ0n) is 18.1. The average Bonchev–Trinajstić information content (AvgIpc) is 3.42. The number of amides is 1. The Morgan fingerprint density at radius 3 is 2.62 bits per heavy atom.